The Hall–Kier alpha value is -3.21. The summed E-state index contributed by atoms with van der Waals surface area (Å²) in [4.78, 5) is 12.9. The number of hydrogen-bond donors (Lipinski definition) is 7. The van der Waals surface area contributed by atoms with E-state index in [0.717, 1.165) is 6.07 Å². The average molecular weight is 609 g/mol. The fraction of sp³-hybridized carbons (Fsp3) is 0.552. The number of ether oxygens (including phenoxy) is 6. The number of ketones is 1. The summed E-state index contributed by atoms with van der Waals surface area (Å²) in [6, 6.07) is 6.99. The summed E-state index contributed by atoms with van der Waals surface area (Å²) < 4.78 is 33.6. The highest BCUT2D eigenvalue weighted by molar-refractivity contribution is 6.02. The number of fused-ring (bicyclic) bond motifs is 1. The second kappa shape index (κ2) is 12.4. The molecule has 0 unspecified atom stereocenters. The number of aliphatic hydroxyl groups excluding tert-OH is 5. The molecule has 2 saturated heterocycles. The van der Waals surface area contributed by atoms with Gasteiger partial charge >= 0.3 is 0 Å². The van der Waals surface area contributed by atoms with Crippen LogP contribution in [-0.2, 0) is 14.2 Å². The molecule has 3 heterocycles. The van der Waals surface area contributed by atoms with Crippen LogP contribution in [0.4, 0.5) is 0 Å². The molecule has 3 aliphatic heterocycles. The lowest BCUT2D eigenvalue weighted by molar-refractivity contribution is -0.312. The SMILES string of the molecule is COc1ccc([C@@H]2CC(=O)c3c(O)cc(O[C@@H]4O[C@H](CO[C@@H]5O[C@@H](C)[C@H](O)[C@@H](C)[C@H]5O)[C@@H](O)[C@H](O)[C@H]4O)cc3O2)cc1O. The van der Waals surface area contributed by atoms with Crippen molar-refractivity contribution in [2.45, 2.75) is 81.7 Å². The number of methoxy groups -OCH3 is 1. The molecule has 43 heavy (non-hydrogen) atoms. The summed E-state index contributed by atoms with van der Waals surface area (Å²) in [6.45, 7) is 2.87. The van der Waals surface area contributed by atoms with Gasteiger partial charge in [-0.2, -0.15) is 0 Å². The molecule has 0 aliphatic carbocycles. The maximum Gasteiger partial charge on any atom is 0.229 e. The summed E-state index contributed by atoms with van der Waals surface area (Å²) in [6.07, 6.45) is -12.6. The summed E-state index contributed by atoms with van der Waals surface area (Å²) in [5.74, 6) is -1.44. The van der Waals surface area contributed by atoms with Gasteiger partial charge in [0, 0.05) is 18.1 Å². The fourth-order valence-corrected chi connectivity index (χ4v) is 5.44. The number of aliphatic hydroxyl groups is 5. The lowest BCUT2D eigenvalue weighted by Gasteiger charge is -2.42. The standard InChI is InChI=1S/C29H36O14/c1-11-23(33)12(2)40-28(24(11)34)39-10-21-25(35)26(36)27(37)29(43-21)41-14-7-16(31)22-17(32)9-19(42-20(22)8-14)13-4-5-18(38-3)15(30)6-13/h4-8,11-12,19,21,23-31,33-37H,9-10H2,1-3H3/t11-,12+,19+,21-,23-,24-,25-,26+,27-,28-,29-/m1/s1. The molecule has 2 fully saturated rings. The third-order valence-electron chi connectivity index (χ3n) is 8.08. The monoisotopic (exact) mass is 608 g/mol. The van der Waals surface area contributed by atoms with Gasteiger partial charge in [0.05, 0.1) is 32.3 Å². The van der Waals surface area contributed by atoms with Gasteiger partial charge in [-0.3, -0.25) is 4.79 Å². The van der Waals surface area contributed by atoms with E-state index in [9.17, 15) is 40.5 Å². The van der Waals surface area contributed by atoms with Crippen LogP contribution in [0.5, 0.6) is 28.7 Å². The number of benzene rings is 2. The topological polar surface area (TPSA) is 214 Å². The third-order valence-corrected chi connectivity index (χ3v) is 8.08. The first-order valence-corrected chi connectivity index (χ1v) is 13.8. The maximum absolute atomic E-state index is 12.9. The summed E-state index contributed by atoms with van der Waals surface area (Å²) in [5, 5.41) is 72.9. The minimum atomic E-state index is -1.73. The van der Waals surface area contributed by atoms with E-state index in [-0.39, 0.29) is 41.6 Å². The number of hydrogen-bond acceptors (Lipinski definition) is 14. The smallest absolute Gasteiger partial charge is 0.229 e. The van der Waals surface area contributed by atoms with Crippen LogP contribution in [0.1, 0.15) is 42.3 Å². The van der Waals surface area contributed by atoms with Gasteiger partial charge in [-0.15, -0.1) is 0 Å². The van der Waals surface area contributed by atoms with Crippen molar-refractivity contribution in [3.05, 3.63) is 41.5 Å². The van der Waals surface area contributed by atoms with Crippen molar-refractivity contribution in [1.82, 2.24) is 0 Å². The number of phenols is 2. The van der Waals surface area contributed by atoms with Crippen LogP contribution < -0.4 is 14.2 Å². The Kier molecular flexibility index (Phi) is 9.02. The molecule has 14 heteroatoms. The van der Waals surface area contributed by atoms with Gasteiger partial charge in [0.25, 0.3) is 0 Å². The molecule has 5 rings (SSSR count). The maximum atomic E-state index is 12.9. The Morgan fingerprint density at radius 1 is 0.860 bits per heavy atom. The second-order valence-corrected chi connectivity index (χ2v) is 11.0. The van der Waals surface area contributed by atoms with Gasteiger partial charge in [-0.1, -0.05) is 13.0 Å². The molecule has 236 valence electrons. The molecular weight excluding hydrogens is 572 g/mol. The number of phenolic OH excluding ortho intramolecular Hbond substituents is 2. The number of rotatable bonds is 7. The van der Waals surface area contributed by atoms with Gasteiger partial charge in [0.1, 0.15) is 59.4 Å². The van der Waals surface area contributed by atoms with E-state index in [4.69, 9.17) is 28.4 Å². The minimum Gasteiger partial charge on any atom is -0.507 e. The Labute approximate surface area is 246 Å². The van der Waals surface area contributed by atoms with Gasteiger partial charge < -0.3 is 64.2 Å². The first-order valence-electron chi connectivity index (χ1n) is 13.8. The molecule has 14 nitrogen and oxygen atoms in total. The molecule has 0 amide bonds. The predicted octanol–water partition coefficient (Wildman–Crippen LogP) is 0.119. The van der Waals surface area contributed by atoms with Crippen molar-refractivity contribution < 1.29 is 69.0 Å². The van der Waals surface area contributed by atoms with Crippen LogP contribution >= 0.6 is 0 Å². The molecule has 0 bridgehead atoms. The molecule has 11 atom stereocenters. The van der Waals surface area contributed by atoms with Crippen LogP contribution in [-0.4, -0.2) is 111 Å². The van der Waals surface area contributed by atoms with Crippen LogP contribution in [0, 0.1) is 5.92 Å². The van der Waals surface area contributed by atoms with Crippen LogP contribution in [0.15, 0.2) is 30.3 Å². The largest absolute Gasteiger partial charge is 0.507 e. The lowest BCUT2D eigenvalue weighted by Crippen LogP contribution is -2.61. The van der Waals surface area contributed by atoms with Crippen molar-refractivity contribution in [3.8, 4) is 28.7 Å². The summed E-state index contributed by atoms with van der Waals surface area (Å²) in [5.41, 5.74) is 0.409. The fourth-order valence-electron chi connectivity index (χ4n) is 5.44. The highest BCUT2D eigenvalue weighted by Gasteiger charge is 2.47. The van der Waals surface area contributed by atoms with E-state index in [1.165, 1.54) is 25.3 Å². The Morgan fingerprint density at radius 2 is 1.60 bits per heavy atom. The molecule has 0 radical (unpaired) electrons. The first-order chi connectivity index (χ1) is 20.4. The molecule has 2 aromatic rings. The normalized spacial score (nSPS) is 36.0. The number of carbonyl (C=O) groups is 1. The Morgan fingerprint density at radius 3 is 2.30 bits per heavy atom. The van der Waals surface area contributed by atoms with Crippen LogP contribution in [0.25, 0.3) is 0 Å². The Bertz CT molecular complexity index is 1320. The molecule has 2 aromatic carbocycles. The van der Waals surface area contributed by atoms with Crippen LogP contribution in [0.2, 0.25) is 0 Å². The van der Waals surface area contributed by atoms with Crippen molar-refractivity contribution >= 4 is 5.78 Å². The van der Waals surface area contributed by atoms with Crippen molar-refractivity contribution in [3.63, 3.8) is 0 Å². The number of aromatic hydroxyl groups is 2. The quantitative estimate of drug-likeness (QED) is 0.222. The predicted molar refractivity (Wildman–Crippen MR) is 144 cm³/mol. The summed E-state index contributed by atoms with van der Waals surface area (Å²) >= 11 is 0. The minimum absolute atomic E-state index is 0.0221. The molecule has 7 N–H and O–H groups in total. The first kappa shape index (κ1) is 31.2. The molecule has 0 spiro atoms. The highest BCUT2D eigenvalue weighted by atomic mass is 16.7. The van der Waals surface area contributed by atoms with E-state index in [1.807, 2.05) is 0 Å². The van der Waals surface area contributed by atoms with Gasteiger partial charge in [0.2, 0.25) is 6.29 Å². The van der Waals surface area contributed by atoms with E-state index < -0.39 is 78.9 Å². The van der Waals surface area contributed by atoms with Crippen molar-refractivity contribution in [1.29, 1.82) is 0 Å². The van der Waals surface area contributed by atoms with Gasteiger partial charge in [-0.25, -0.2) is 0 Å². The zero-order valence-corrected chi connectivity index (χ0v) is 23.6. The van der Waals surface area contributed by atoms with Gasteiger partial charge in [0.15, 0.2) is 23.6 Å². The summed E-state index contributed by atoms with van der Waals surface area (Å²) in [7, 11) is 1.40. The lowest BCUT2D eigenvalue weighted by atomic mass is 9.91. The highest BCUT2D eigenvalue weighted by Crippen LogP contribution is 2.43. The van der Waals surface area contributed by atoms with E-state index in [1.54, 1.807) is 19.9 Å². The zero-order chi connectivity index (χ0) is 31.2. The molecular formula is C29H36O14. The third kappa shape index (κ3) is 6.10. The van der Waals surface area contributed by atoms with Crippen LogP contribution in [0.3, 0.4) is 0 Å². The average Bonchev–Trinajstić information content (AvgIpc) is 2.97. The Balaban J connectivity index is 1.30. The molecule has 3 aliphatic rings. The number of Topliss-reactive ketones (excluding diaryl/α,β-unsaturated/α-hetero) is 1. The van der Waals surface area contributed by atoms with E-state index in [0.29, 0.717) is 5.56 Å². The molecule has 0 saturated carbocycles. The van der Waals surface area contributed by atoms with E-state index in [2.05, 4.69) is 0 Å². The van der Waals surface area contributed by atoms with E-state index >= 15 is 0 Å². The zero-order valence-electron chi connectivity index (χ0n) is 23.6. The second-order valence-electron chi connectivity index (χ2n) is 11.0. The molecule has 0 aromatic heterocycles. The number of carbonyl (C=O) groups excluding carboxylic acids is 1. The van der Waals surface area contributed by atoms with Crippen molar-refractivity contribution in [2.75, 3.05) is 13.7 Å². The van der Waals surface area contributed by atoms with Crippen molar-refractivity contribution in [2.24, 2.45) is 5.92 Å². The van der Waals surface area contributed by atoms with Gasteiger partial charge in [-0.05, 0) is 24.6 Å².